The normalized spacial score (nSPS) is 13.2. The Morgan fingerprint density at radius 3 is 1.64 bits per heavy atom. The van der Waals surface area contributed by atoms with Crippen LogP contribution >= 0.6 is 0 Å². The SMILES string of the molecule is CC(C)([Si]OS(=O)(=O)C(F)(F)F)C(c1ccccc1)c1ccccc1. The summed E-state index contributed by atoms with van der Waals surface area (Å²) in [5, 5.41) is -0.874. The van der Waals surface area contributed by atoms with Crippen molar-refractivity contribution in [3.8, 4) is 0 Å². The maximum absolute atomic E-state index is 12.5. The predicted molar refractivity (Wildman–Crippen MR) is 90.6 cm³/mol. The summed E-state index contributed by atoms with van der Waals surface area (Å²) in [5.41, 5.74) is -3.68. The fraction of sp³-hybridized carbons (Fsp3) is 0.294. The van der Waals surface area contributed by atoms with Gasteiger partial charge in [0.15, 0.2) is 0 Å². The van der Waals surface area contributed by atoms with Crippen molar-refractivity contribution in [2.75, 3.05) is 0 Å². The van der Waals surface area contributed by atoms with Gasteiger partial charge in [-0.25, -0.2) is 0 Å². The van der Waals surface area contributed by atoms with Crippen LogP contribution in [0, 0.1) is 0 Å². The van der Waals surface area contributed by atoms with Gasteiger partial charge in [-0.1, -0.05) is 74.5 Å². The van der Waals surface area contributed by atoms with E-state index in [-0.39, 0.29) is 5.92 Å². The molecule has 0 saturated heterocycles. The van der Waals surface area contributed by atoms with E-state index in [1.165, 1.54) is 0 Å². The van der Waals surface area contributed by atoms with Gasteiger partial charge in [0.25, 0.3) is 9.76 Å². The van der Waals surface area contributed by atoms with Crippen LogP contribution in [0.3, 0.4) is 0 Å². The third-order valence-electron chi connectivity index (χ3n) is 3.69. The first-order valence-electron chi connectivity index (χ1n) is 7.41. The first-order valence-corrected chi connectivity index (χ1v) is 9.73. The molecule has 0 unspecified atom stereocenters. The van der Waals surface area contributed by atoms with Gasteiger partial charge < -0.3 is 3.87 Å². The van der Waals surface area contributed by atoms with E-state index >= 15 is 0 Å². The first-order chi connectivity index (χ1) is 11.5. The fourth-order valence-corrected chi connectivity index (χ4v) is 4.71. The van der Waals surface area contributed by atoms with Crippen LogP contribution in [0.4, 0.5) is 13.2 Å². The number of rotatable bonds is 6. The van der Waals surface area contributed by atoms with Crippen molar-refractivity contribution in [3.63, 3.8) is 0 Å². The van der Waals surface area contributed by atoms with Gasteiger partial charge in [-0.3, -0.25) is 0 Å². The van der Waals surface area contributed by atoms with Gasteiger partial charge in [0.05, 0.1) is 0 Å². The first kappa shape index (κ1) is 19.7. The molecule has 0 N–H and O–H groups in total. The molecular weight excluding hydrogens is 369 g/mol. The zero-order valence-electron chi connectivity index (χ0n) is 13.6. The number of halogens is 3. The predicted octanol–water partition coefficient (Wildman–Crippen LogP) is 4.50. The minimum absolute atomic E-state index is 0.323. The van der Waals surface area contributed by atoms with E-state index in [0.717, 1.165) is 11.1 Å². The molecule has 25 heavy (non-hydrogen) atoms. The summed E-state index contributed by atoms with van der Waals surface area (Å²) in [6.45, 7) is 3.39. The molecule has 0 aliphatic rings. The summed E-state index contributed by atoms with van der Waals surface area (Å²) in [5.74, 6) is -0.323. The number of benzene rings is 2. The fourth-order valence-electron chi connectivity index (χ4n) is 2.59. The van der Waals surface area contributed by atoms with E-state index in [0.29, 0.717) is 0 Å². The summed E-state index contributed by atoms with van der Waals surface area (Å²) in [7, 11) is -6.51. The van der Waals surface area contributed by atoms with Gasteiger partial charge in [-0.15, -0.1) is 0 Å². The molecule has 2 aromatic carbocycles. The molecule has 0 saturated carbocycles. The van der Waals surface area contributed by atoms with Crippen molar-refractivity contribution in [2.24, 2.45) is 0 Å². The van der Waals surface area contributed by atoms with Crippen LogP contribution in [0.25, 0.3) is 0 Å². The largest absolute Gasteiger partial charge is 0.522 e. The number of hydrogen-bond donors (Lipinski definition) is 0. The Hall–Kier alpha value is -1.64. The van der Waals surface area contributed by atoms with Crippen LogP contribution in [0.2, 0.25) is 5.04 Å². The molecule has 0 atom stereocenters. The van der Waals surface area contributed by atoms with Crippen LogP contribution < -0.4 is 0 Å². The van der Waals surface area contributed by atoms with E-state index < -0.39 is 30.4 Å². The number of alkyl halides is 3. The molecule has 0 bridgehead atoms. The van der Waals surface area contributed by atoms with Gasteiger partial charge in [0.1, 0.15) is 0 Å². The van der Waals surface area contributed by atoms with Crippen LogP contribution in [-0.4, -0.2) is 23.7 Å². The molecule has 0 aromatic heterocycles. The van der Waals surface area contributed by atoms with Gasteiger partial charge in [0, 0.05) is 5.92 Å². The highest BCUT2D eigenvalue weighted by atomic mass is 32.2. The second kappa shape index (κ2) is 7.31. The third-order valence-corrected chi connectivity index (χ3v) is 6.28. The van der Waals surface area contributed by atoms with Gasteiger partial charge in [0.2, 0.25) is 0 Å². The molecule has 0 spiro atoms. The lowest BCUT2D eigenvalue weighted by Crippen LogP contribution is -2.32. The molecule has 134 valence electrons. The lowest BCUT2D eigenvalue weighted by Gasteiger charge is -2.33. The lowest BCUT2D eigenvalue weighted by atomic mass is 9.82. The van der Waals surface area contributed by atoms with Crippen molar-refractivity contribution >= 4 is 19.9 Å². The monoisotopic (exact) mass is 386 g/mol. The van der Waals surface area contributed by atoms with E-state index in [9.17, 15) is 21.6 Å². The van der Waals surface area contributed by atoms with Crippen molar-refractivity contribution in [1.29, 1.82) is 0 Å². The molecule has 3 nitrogen and oxygen atoms in total. The molecule has 2 rings (SSSR count). The molecule has 0 fully saturated rings. The topological polar surface area (TPSA) is 43.4 Å². The van der Waals surface area contributed by atoms with Gasteiger partial charge in [-0.05, 0) is 16.2 Å². The van der Waals surface area contributed by atoms with Crippen molar-refractivity contribution in [3.05, 3.63) is 71.8 Å². The number of hydrogen-bond acceptors (Lipinski definition) is 3. The minimum atomic E-state index is -5.62. The molecule has 8 heteroatoms. The Morgan fingerprint density at radius 2 is 1.28 bits per heavy atom. The summed E-state index contributed by atoms with van der Waals surface area (Å²) in [6.07, 6.45) is 0. The average Bonchev–Trinajstić information content (AvgIpc) is 2.54. The van der Waals surface area contributed by atoms with E-state index in [2.05, 4.69) is 3.87 Å². The van der Waals surface area contributed by atoms with Crippen LogP contribution in [-0.2, 0) is 14.0 Å². The van der Waals surface area contributed by atoms with Crippen LogP contribution in [0.15, 0.2) is 60.7 Å². The van der Waals surface area contributed by atoms with Crippen molar-refractivity contribution in [2.45, 2.75) is 30.3 Å². The van der Waals surface area contributed by atoms with E-state index in [1.54, 1.807) is 13.8 Å². The summed E-state index contributed by atoms with van der Waals surface area (Å²) in [4.78, 5) is 0. The Bertz CT molecular complexity index is 751. The smallest absolute Gasteiger partial charge is 0.309 e. The average molecular weight is 386 g/mol. The molecule has 2 aromatic rings. The van der Waals surface area contributed by atoms with Gasteiger partial charge >= 0.3 is 15.6 Å². The minimum Gasteiger partial charge on any atom is -0.309 e. The highest BCUT2D eigenvalue weighted by Gasteiger charge is 2.48. The Kier molecular flexibility index (Phi) is 5.75. The van der Waals surface area contributed by atoms with E-state index in [1.807, 2.05) is 60.7 Å². The lowest BCUT2D eigenvalue weighted by molar-refractivity contribution is -0.0500. The maximum atomic E-state index is 12.5. The van der Waals surface area contributed by atoms with Gasteiger partial charge in [-0.2, -0.15) is 21.6 Å². The standard InChI is InChI=1S/C17H17F3O3SSi/c1-16(2,25-23-24(21,22)17(18,19)20)15(13-9-5-3-6-10-13)14-11-7-4-8-12-14/h3-12,15H,1-2H3. The second-order valence-corrected chi connectivity index (χ2v) is 9.59. The molecular formula is C17H17F3O3SSi. The molecule has 0 aliphatic carbocycles. The maximum Gasteiger partial charge on any atom is 0.522 e. The highest BCUT2D eigenvalue weighted by Crippen LogP contribution is 2.46. The van der Waals surface area contributed by atoms with Crippen molar-refractivity contribution in [1.82, 2.24) is 0 Å². The Labute approximate surface area is 147 Å². The molecule has 0 aliphatic heterocycles. The Morgan fingerprint density at radius 1 is 0.880 bits per heavy atom. The second-order valence-electron chi connectivity index (χ2n) is 6.06. The Balaban J connectivity index is 2.37. The zero-order chi connectivity index (χ0) is 18.7. The molecule has 2 radical (unpaired) electrons. The van der Waals surface area contributed by atoms with Crippen LogP contribution in [0.5, 0.6) is 0 Å². The zero-order valence-corrected chi connectivity index (χ0v) is 15.4. The summed E-state index contributed by atoms with van der Waals surface area (Å²) in [6, 6.07) is 18.5. The summed E-state index contributed by atoms with van der Waals surface area (Å²) >= 11 is 0. The summed E-state index contributed by atoms with van der Waals surface area (Å²) < 4.78 is 64.5. The van der Waals surface area contributed by atoms with Crippen LogP contribution in [0.1, 0.15) is 30.9 Å². The molecule has 0 heterocycles. The molecule has 0 amide bonds. The van der Waals surface area contributed by atoms with Crippen molar-refractivity contribution < 1.29 is 25.5 Å². The quantitative estimate of drug-likeness (QED) is 0.542. The third kappa shape index (κ3) is 4.71. The highest BCUT2D eigenvalue weighted by molar-refractivity contribution is 7.88. The van der Waals surface area contributed by atoms with E-state index in [4.69, 9.17) is 0 Å².